The van der Waals surface area contributed by atoms with Crippen molar-refractivity contribution in [3.8, 4) is 6.07 Å². The summed E-state index contributed by atoms with van der Waals surface area (Å²) in [6.45, 7) is 1.98. The number of nitriles is 1. The minimum absolute atomic E-state index is 0.00996. The van der Waals surface area contributed by atoms with E-state index in [1.807, 2.05) is 19.2 Å². The monoisotopic (exact) mass is 312 g/mol. The molecule has 0 spiro atoms. The van der Waals surface area contributed by atoms with Crippen LogP contribution in [0.3, 0.4) is 0 Å². The number of rotatable bonds is 7. The van der Waals surface area contributed by atoms with Crippen LogP contribution < -0.4 is 0 Å². The van der Waals surface area contributed by atoms with Crippen LogP contribution in [0.2, 0.25) is 0 Å². The van der Waals surface area contributed by atoms with Crippen molar-refractivity contribution in [3.63, 3.8) is 0 Å². The molecular formula is C14H20N2O2S2. The maximum atomic E-state index is 12.5. The van der Waals surface area contributed by atoms with E-state index >= 15 is 0 Å². The van der Waals surface area contributed by atoms with E-state index in [4.69, 9.17) is 5.26 Å². The highest BCUT2D eigenvalue weighted by Crippen LogP contribution is 2.18. The number of hydrogen-bond acceptors (Lipinski definition) is 4. The van der Waals surface area contributed by atoms with Crippen LogP contribution in [-0.4, -0.2) is 37.8 Å². The molecule has 1 aromatic carbocycles. The SMILES string of the molecule is CCC(CSC)N(C)S(=O)(=O)Cc1ccccc1C#N. The van der Waals surface area contributed by atoms with Crippen LogP contribution >= 0.6 is 11.8 Å². The van der Waals surface area contributed by atoms with E-state index in [0.717, 1.165) is 12.2 Å². The van der Waals surface area contributed by atoms with Gasteiger partial charge in [-0.2, -0.15) is 17.0 Å². The average molecular weight is 312 g/mol. The van der Waals surface area contributed by atoms with Crippen molar-refractivity contribution in [2.24, 2.45) is 0 Å². The smallest absolute Gasteiger partial charge is 0.212 e. The summed E-state index contributed by atoms with van der Waals surface area (Å²) >= 11 is 1.63. The molecule has 0 fully saturated rings. The van der Waals surface area contributed by atoms with Gasteiger partial charge in [0.15, 0.2) is 0 Å². The second-order valence-electron chi connectivity index (χ2n) is 4.56. The Hall–Kier alpha value is -1.03. The van der Waals surface area contributed by atoms with Gasteiger partial charge in [-0.1, -0.05) is 25.1 Å². The molecule has 0 radical (unpaired) electrons. The second-order valence-corrected chi connectivity index (χ2v) is 7.50. The van der Waals surface area contributed by atoms with Gasteiger partial charge in [0, 0.05) is 18.8 Å². The Kier molecular flexibility index (Phi) is 6.53. The Bertz CT molecular complexity index is 579. The normalized spacial score (nSPS) is 13.2. The van der Waals surface area contributed by atoms with Gasteiger partial charge >= 0.3 is 0 Å². The molecule has 0 N–H and O–H groups in total. The molecule has 0 aliphatic heterocycles. The first-order chi connectivity index (χ1) is 9.46. The van der Waals surface area contributed by atoms with E-state index in [1.165, 1.54) is 4.31 Å². The Morgan fingerprint density at radius 2 is 2.05 bits per heavy atom. The molecular weight excluding hydrogens is 292 g/mol. The number of benzene rings is 1. The van der Waals surface area contributed by atoms with Crippen LogP contribution in [0.15, 0.2) is 24.3 Å². The van der Waals surface area contributed by atoms with E-state index in [9.17, 15) is 8.42 Å². The zero-order valence-corrected chi connectivity index (χ0v) is 13.7. The van der Waals surface area contributed by atoms with Crippen molar-refractivity contribution >= 4 is 21.8 Å². The van der Waals surface area contributed by atoms with E-state index in [-0.39, 0.29) is 11.8 Å². The molecule has 110 valence electrons. The Morgan fingerprint density at radius 3 is 2.60 bits per heavy atom. The molecule has 0 bridgehead atoms. The maximum Gasteiger partial charge on any atom is 0.218 e. The van der Waals surface area contributed by atoms with Crippen molar-refractivity contribution in [1.29, 1.82) is 5.26 Å². The summed E-state index contributed by atoms with van der Waals surface area (Å²) in [5.41, 5.74) is 0.975. The molecule has 6 heteroatoms. The molecule has 0 saturated heterocycles. The number of sulfonamides is 1. The fourth-order valence-electron chi connectivity index (χ4n) is 1.95. The topological polar surface area (TPSA) is 61.2 Å². The van der Waals surface area contributed by atoms with Gasteiger partial charge in [0.05, 0.1) is 17.4 Å². The first kappa shape index (κ1) is 17.0. The van der Waals surface area contributed by atoms with Crippen LogP contribution in [0.4, 0.5) is 0 Å². The fraction of sp³-hybridized carbons (Fsp3) is 0.500. The minimum Gasteiger partial charge on any atom is -0.212 e. The lowest BCUT2D eigenvalue weighted by Gasteiger charge is -2.26. The third kappa shape index (κ3) is 4.23. The van der Waals surface area contributed by atoms with Crippen LogP contribution in [0.5, 0.6) is 0 Å². The summed E-state index contributed by atoms with van der Waals surface area (Å²) in [7, 11) is -1.79. The zero-order valence-electron chi connectivity index (χ0n) is 12.0. The summed E-state index contributed by atoms with van der Waals surface area (Å²) in [5.74, 6) is 0.643. The highest BCUT2D eigenvalue weighted by Gasteiger charge is 2.25. The quantitative estimate of drug-likeness (QED) is 0.776. The minimum atomic E-state index is -3.41. The summed E-state index contributed by atoms with van der Waals surface area (Å²) in [4.78, 5) is 0. The van der Waals surface area contributed by atoms with Gasteiger partial charge in [0.2, 0.25) is 10.0 Å². The average Bonchev–Trinajstić information content (AvgIpc) is 2.44. The Balaban J connectivity index is 2.97. The molecule has 1 unspecified atom stereocenters. The van der Waals surface area contributed by atoms with Crippen LogP contribution in [0.25, 0.3) is 0 Å². The first-order valence-electron chi connectivity index (χ1n) is 6.39. The maximum absolute atomic E-state index is 12.5. The van der Waals surface area contributed by atoms with Crippen molar-refractivity contribution in [3.05, 3.63) is 35.4 Å². The van der Waals surface area contributed by atoms with Gasteiger partial charge in [-0.05, 0) is 24.3 Å². The predicted molar refractivity (Wildman–Crippen MR) is 84.0 cm³/mol. The van der Waals surface area contributed by atoms with E-state index in [1.54, 1.807) is 43.1 Å². The second kappa shape index (κ2) is 7.67. The van der Waals surface area contributed by atoms with Crippen molar-refractivity contribution in [1.82, 2.24) is 4.31 Å². The van der Waals surface area contributed by atoms with Crippen LogP contribution in [0, 0.1) is 11.3 Å². The summed E-state index contributed by atoms with van der Waals surface area (Å²) in [6, 6.07) is 8.86. The lowest BCUT2D eigenvalue weighted by atomic mass is 10.1. The highest BCUT2D eigenvalue weighted by molar-refractivity contribution is 7.98. The molecule has 4 nitrogen and oxygen atoms in total. The third-order valence-corrected chi connectivity index (χ3v) is 5.83. The lowest BCUT2D eigenvalue weighted by Crippen LogP contribution is -2.39. The summed E-state index contributed by atoms with van der Waals surface area (Å²) < 4.78 is 26.3. The number of thioether (sulfide) groups is 1. The van der Waals surface area contributed by atoms with Crippen molar-refractivity contribution in [2.45, 2.75) is 25.1 Å². The predicted octanol–water partition coefficient (Wildman–Crippen LogP) is 2.46. The third-order valence-electron chi connectivity index (χ3n) is 3.26. The molecule has 1 atom stereocenters. The first-order valence-corrected chi connectivity index (χ1v) is 9.39. The summed E-state index contributed by atoms with van der Waals surface area (Å²) in [6.07, 6.45) is 2.74. The number of hydrogen-bond donors (Lipinski definition) is 0. The van der Waals surface area contributed by atoms with Gasteiger partial charge < -0.3 is 0 Å². The van der Waals surface area contributed by atoms with Crippen LogP contribution in [-0.2, 0) is 15.8 Å². The Morgan fingerprint density at radius 1 is 1.40 bits per heavy atom. The van der Waals surface area contributed by atoms with Gasteiger partial charge in [-0.25, -0.2) is 12.7 Å². The van der Waals surface area contributed by atoms with Gasteiger partial charge in [0.25, 0.3) is 0 Å². The molecule has 0 aromatic heterocycles. The molecule has 1 aromatic rings. The fourth-order valence-corrected chi connectivity index (χ4v) is 4.42. The molecule has 0 aliphatic carbocycles. The van der Waals surface area contributed by atoms with Gasteiger partial charge in [-0.15, -0.1) is 0 Å². The summed E-state index contributed by atoms with van der Waals surface area (Å²) in [5, 5.41) is 9.03. The zero-order chi connectivity index (χ0) is 15.2. The molecule has 0 aliphatic rings. The molecule has 0 saturated carbocycles. The Labute approximate surface area is 125 Å². The largest absolute Gasteiger partial charge is 0.218 e. The highest BCUT2D eigenvalue weighted by atomic mass is 32.2. The standard InChI is InChI=1S/C14H20N2O2S2/c1-4-14(10-19-3)16(2)20(17,18)11-13-8-6-5-7-12(13)9-15/h5-8,14H,4,10-11H2,1-3H3. The van der Waals surface area contributed by atoms with Crippen molar-refractivity contribution < 1.29 is 8.42 Å². The molecule has 0 heterocycles. The van der Waals surface area contributed by atoms with Gasteiger partial charge in [0.1, 0.15) is 0 Å². The molecule has 0 amide bonds. The number of nitrogens with zero attached hydrogens (tertiary/aromatic N) is 2. The molecule has 20 heavy (non-hydrogen) atoms. The van der Waals surface area contributed by atoms with E-state index < -0.39 is 10.0 Å². The van der Waals surface area contributed by atoms with Crippen molar-refractivity contribution in [2.75, 3.05) is 19.1 Å². The molecule has 1 rings (SSSR count). The van der Waals surface area contributed by atoms with E-state index in [2.05, 4.69) is 0 Å². The van der Waals surface area contributed by atoms with Gasteiger partial charge in [-0.3, -0.25) is 0 Å². The van der Waals surface area contributed by atoms with E-state index in [0.29, 0.717) is 11.1 Å². The lowest BCUT2D eigenvalue weighted by molar-refractivity contribution is 0.385. The van der Waals surface area contributed by atoms with Crippen LogP contribution in [0.1, 0.15) is 24.5 Å².